The summed E-state index contributed by atoms with van der Waals surface area (Å²) in [5.74, 6) is -0.807. The van der Waals surface area contributed by atoms with Gasteiger partial charge in [-0.15, -0.1) is 0 Å². The molecule has 2 atom stereocenters. The van der Waals surface area contributed by atoms with Crippen LogP contribution in [0.1, 0.15) is 361 Å². The molecule has 0 saturated carbocycles. The first-order valence-corrected chi connectivity index (χ1v) is 35.3. The van der Waals surface area contributed by atoms with Crippen LogP contribution in [0.4, 0.5) is 0 Å². The molecule has 0 heterocycles. The molecule has 0 aliphatic carbocycles. The van der Waals surface area contributed by atoms with Crippen LogP contribution in [0.5, 0.6) is 0 Å². The molecular formula is C67H130NO8P. The molecule has 2 unspecified atom stereocenters. The van der Waals surface area contributed by atoms with Gasteiger partial charge in [-0.1, -0.05) is 327 Å². The van der Waals surface area contributed by atoms with Gasteiger partial charge in [0.2, 0.25) is 0 Å². The highest BCUT2D eigenvalue weighted by Crippen LogP contribution is 2.43. The molecule has 0 bridgehead atoms. The minimum absolute atomic E-state index is 0.0560. The topological polar surface area (TPSA) is 134 Å². The summed E-state index contributed by atoms with van der Waals surface area (Å²) < 4.78 is 33.2. The number of ether oxygens (including phenoxy) is 2. The molecule has 0 aliphatic rings. The average molecular weight is 1110 g/mol. The molecule has 0 aromatic heterocycles. The molecule has 3 N–H and O–H groups in total. The fourth-order valence-electron chi connectivity index (χ4n) is 10.3. The minimum atomic E-state index is -4.39. The summed E-state index contributed by atoms with van der Waals surface area (Å²) in [7, 11) is -4.39. The van der Waals surface area contributed by atoms with Gasteiger partial charge in [0, 0.05) is 19.4 Å². The number of esters is 2. The predicted molar refractivity (Wildman–Crippen MR) is 331 cm³/mol. The number of rotatable bonds is 65. The summed E-state index contributed by atoms with van der Waals surface area (Å²) in [6, 6.07) is 0. The highest BCUT2D eigenvalue weighted by Gasteiger charge is 2.26. The van der Waals surface area contributed by atoms with Gasteiger partial charge in [0.15, 0.2) is 6.10 Å². The van der Waals surface area contributed by atoms with Gasteiger partial charge in [-0.05, 0) is 44.9 Å². The second kappa shape index (κ2) is 63.7. The predicted octanol–water partition coefficient (Wildman–Crippen LogP) is 21.8. The number of carbonyl (C=O) groups is 2. The van der Waals surface area contributed by atoms with Crippen LogP contribution in [-0.4, -0.2) is 49.3 Å². The van der Waals surface area contributed by atoms with E-state index in [-0.39, 0.29) is 38.6 Å². The number of allylic oxidation sites excluding steroid dienone is 4. The highest BCUT2D eigenvalue weighted by molar-refractivity contribution is 7.47. The Morgan fingerprint density at radius 1 is 0.390 bits per heavy atom. The molecule has 0 aliphatic heterocycles. The van der Waals surface area contributed by atoms with E-state index in [9.17, 15) is 19.0 Å². The van der Waals surface area contributed by atoms with Crippen LogP contribution in [-0.2, 0) is 32.7 Å². The average Bonchev–Trinajstić information content (AvgIpc) is 3.42. The summed E-state index contributed by atoms with van der Waals surface area (Å²) in [6.07, 6.45) is 77.0. The van der Waals surface area contributed by atoms with Crippen molar-refractivity contribution in [2.24, 2.45) is 5.73 Å². The Morgan fingerprint density at radius 3 is 0.987 bits per heavy atom. The lowest BCUT2D eigenvalue weighted by Crippen LogP contribution is -2.29. The lowest BCUT2D eigenvalue weighted by molar-refractivity contribution is -0.161. The van der Waals surface area contributed by atoms with Gasteiger partial charge in [0.25, 0.3) is 0 Å². The number of carbonyl (C=O) groups excluding carboxylic acids is 2. The molecule has 0 aromatic carbocycles. The fourth-order valence-corrected chi connectivity index (χ4v) is 11.1. The third-order valence-corrected chi connectivity index (χ3v) is 16.3. The van der Waals surface area contributed by atoms with E-state index in [2.05, 4.69) is 38.2 Å². The largest absolute Gasteiger partial charge is 0.472 e. The Kier molecular flexibility index (Phi) is 62.4. The fraction of sp³-hybridized carbons (Fsp3) is 0.910. The van der Waals surface area contributed by atoms with Crippen molar-refractivity contribution in [3.63, 3.8) is 0 Å². The van der Waals surface area contributed by atoms with Crippen molar-refractivity contribution in [2.45, 2.75) is 367 Å². The number of hydrogen-bond donors (Lipinski definition) is 2. The molecule has 10 heteroatoms. The second-order valence-electron chi connectivity index (χ2n) is 23.1. The molecule has 0 fully saturated rings. The zero-order chi connectivity index (χ0) is 55.9. The van der Waals surface area contributed by atoms with Crippen LogP contribution >= 0.6 is 7.82 Å². The highest BCUT2D eigenvalue weighted by atomic mass is 31.2. The summed E-state index contributed by atoms with van der Waals surface area (Å²) in [6.45, 7) is 3.81. The smallest absolute Gasteiger partial charge is 0.462 e. The van der Waals surface area contributed by atoms with E-state index in [1.54, 1.807) is 0 Å². The number of unbranched alkanes of at least 4 members (excludes halogenated alkanes) is 48. The first kappa shape index (κ1) is 75.5. The van der Waals surface area contributed by atoms with Crippen LogP contribution in [0.25, 0.3) is 0 Å². The van der Waals surface area contributed by atoms with Crippen LogP contribution in [0.3, 0.4) is 0 Å². The van der Waals surface area contributed by atoms with E-state index < -0.39 is 26.5 Å². The zero-order valence-corrected chi connectivity index (χ0v) is 52.1. The maximum atomic E-state index is 12.7. The molecule has 0 spiro atoms. The minimum Gasteiger partial charge on any atom is -0.462 e. The van der Waals surface area contributed by atoms with E-state index in [1.807, 2.05) is 0 Å². The van der Waals surface area contributed by atoms with Crippen LogP contribution in [0.2, 0.25) is 0 Å². The number of phosphoric ester groups is 1. The van der Waals surface area contributed by atoms with Gasteiger partial charge in [0.1, 0.15) is 6.61 Å². The normalized spacial score (nSPS) is 13.0. The number of hydrogen-bond acceptors (Lipinski definition) is 8. The SMILES string of the molecule is CCCCCCC/C=C\C/C=C\CCCCCCCCCCCCCCCC(=O)OC(COC(=O)CCCCCCCCCCCCCCCCCCCCCCCCCCCCCCCCC)COP(=O)(O)OCCN. The third kappa shape index (κ3) is 63.5. The first-order chi connectivity index (χ1) is 37.8. The molecule has 0 amide bonds. The summed E-state index contributed by atoms with van der Waals surface area (Å²) >= 11 is 0. The molecule has 0 radical (unpaired) electrons. The van der Waals surface area contributed by atoms with Crippen molar-refractivity contribution in [3.05, 3.63) is 24.3 Å². The van der Waals surface area contributed by atoms with Gasteiger partial charge in [-0.25, -0.2) is 4.57 Å². The Bertz CT molecular complexity index is 1310. The van der Waals surface area contributed by atoms with E-state index in [1.165, 1.54) is 283 Å². The lowest BCUT2D eigenvalue weighted by atomic mass is 10.0. The van der Waals surface area contributed by atoms with Crippen LogP contribution in [0.15, 0.2) is 24.3 Å². The van der Waals surface area contributed by atoms with E-state index in [0.29, 0.717) is 6.42 Å². The second-order valence-corrected chi connectivity index (χ2v) is 24.5. The van der Waals surface area contributed by atoms with Crippen molar-refractivity contribution < 1.29 is 37.6 Å². The summed E-state index contributed by atoms with van der Waals surface area (Å²) in [5, 5.41) is 0. The van der Waals surface area contributed by atoms with Gasteiger partial charge >= 0.3 is 19.8 Å². The Hall–Kier alpha value is -1.51. The van der Waals surface area contributed by atoms with E-state index in [0.717, 1.165) is 44.9 Å². The van der Waals surface area contributed by atoms with Gasteiger partial charge in [-0.3, -0.25) is 18.6 Å². The number of nitrogens with two attached hydrogens (primary N) is 1. The van der Waals surface area contributed by atoms with Gasteiger partial charge in [-0.2, -0.15) is 0 Å². The zero-order valence-electron chi connectivity index (χ0n) is 51.2. The molecule has 77 heavy (non-hydrogen) atoms. The lowest BCUT2D eigenvalue weighted by Gasteiger charge is -2.19. The standard InChI is InChI=1S/C67H130NO8P/c1-3-5-7-9-11-13-15-17-19-21-23-25-27-29-30-31-32-33-34-36-37-39-41-43-45-47-49-51-53-55-57-59-66(69)73-63-65(64-75-77(71,72)74-62-61-68)76-67(70)60-58-56-54-52-50-48-46-44-42-40-38-35-28-26-24-22-20-18-16-14-12-10-8-6-4-2/h16,18,22,24,65H,3-15,17,19-21,23,25-64,68H2,1-2H3,(H,71,72)/b18-16-,24-22-. The molecule has 456 valence electrons. The molecular weight excluding hydrogens is 978 g/mol. The Morgan fingerprint density at radius 2 is 0.675 bits per heavy atom. The van der Waals surface area contributed by atoms with Crippen molar-refractivity contribution in [1.82, 2.24) is 0 Å². The molecule has 0 saturated heterocycles. The van der Waals surface area contributed by atoms with E-state index >= 15 is 0 Å². The molecule has 9 nitrogen and oxygen atoms in total. The maximum Gasteiger partial charge on any atom is 0.472 e. The first-order valence-electron chi connectivity index (χ1n) is 33.8. The van der Waals surface area contributed by atoms with Crippen LogP contribution < -0.4 is 5.73 Å². The van der Waals surface area contributed by atoms with Gasteiger partial charge < -0.3 is 20.1 Å². The van der Waals surface area contributed by atoms with Crippen molar-refractivity contribution in [2.75, 3.05) is 26.4 Å². The quantitative estimate of drug-likeness (QED) is 0.0264. The third-order valence-electron chi connectivity index (χ3n) is 15.3. The summed E-state index contributed by atoms with van der Waals surface area (Å²) in [5.41, 5.74) is 5.40. The Labute approximate surface area is 478 Å². The molecule has 0 rings (SSSR count). The van der Waals surface area contributed by atoms with Gasteiger partial charge in [0.05, 0.1) is 13.2 Å². The van der Waals surface area contributed by atoms with Crippen molar-refractivity contribution in [3.8, 4) is 0 Å². The van der Waals surface area contributed by atoms with Crippen molar-refractivity contribution >= 4 is 19.8 Å². The summed E-state index contributed by atoms with van der Waals surface area (Å²) in [4.78, 5) is 35.3. The Balaban J connectivity index is 3.83. The molecule has 0 aromatic rings. The number of phosphoric acid groups is 1. The maximum absolute atomic E-state index is 12.7. The van der Waals surface area contributed by atoms with Crippen LogP contribution in [0, 0.1) is 0 Å². The monoisotopic (exact) mass is 1110 g/mol. The van der Waals surface area contributed by atoms with E-state index in [4.69, 9.17) is 24.3 Å². The van der Waals surface area contributed by atoms with Crippen molar-refractivity contribution in [1.29, 1.82) is 0 Å².